The highest BCUT2D eigenvalue weighted by atomic mass is 16.3. The molecule has 0 bridgehead atoms. The molecule has 0 aromatic rings. The van der Waals surface area contributed by atoms with Gasteiger partial charge in [0.1, 0.15) is 11.7 Å². The van der Waals surface area contributed by atoms with E-state index in [-0.39, 0.29) is 5.41 Å². The molecule has 0 aliphatic heterocycles. The van der Waals surface area contributed by atoms with Crippen LogP contribution in [-0.4, -0.2) is 21.9 Å². The molecule has 2 heteroatoms. The number of aliphatic hydroxyl groups excluding tert-OH is 1. The van der Waals surface area contributed by atoms with Gasteiger partial charge in [0.2, 0.25) is 0 Å². The van der Waals surface area contributed by atoms with Gasteiger partial charge in [-0.15, -0.1) is 0 Å². The lowest BCUT2D eigenvalue weighted by Crippen LogP contribution is -2.41. The SMILES string of the molecule is CCC[C@](O)(C#C[C@H](C)O)C(C)(C)C. The third kappa shape index (κ3) is 3.69. The molecule has 0 amide bonds. The zero-order chi connectivity index (χ0) is 11.4. The third-order valence-electron chi connectivity index (χ3n) is 2.34. The molecule has 0 aliphatic rings. The maximum atomic E-state index is 10.3. The van der Waals surface area contributed by atoms with Crippen LogP contribution in [0.2, 0.25) is 0 Å². The summed E-state index contributed by atoms with van der Waals surface area (Å²) in [5.41, 5.74) is -1.29. The minimum Gasteiger partial charge on any atom is -0.381 e. The van der Waals surface area contributed by atoms with Gasteiger partial charge in [-0.25, -0.2) is 0 Å². The van der Waals surface area contributed by atoms with Crippen LogP contribution in [0.3, 0.4) is 0 Å². The van der Waals surface area contributed by atoms with Gasteiger partial charge in [-0.1, -0.05) is 46.0 Å². The van der Waals surface area contributed by atoms with E-state index in [1.54, 1.807) is 6.92 Å². The molecule has 0 spiro atoms. The van der Waals surface area contributed by atoms with E-state index >= 15 is 0 Å². The lowest BCUT2D eigenvalue weighted by molar-refractivity contribution is -0.0124. The lowest BCUT2D eigenvalue weighted by Gasteiger charge is -2.35. The number of rotatable bonds is 2. The smallest absolute Gasteiger partial charge is 0.130 e. The van der Waals surface area contributed by atoms with Gasteiger partial charge in [-0.2, -0.15) is 0 Å². The first-order valence-corrected chi connectivity index (χ1v) is 5.16. The summed E-state index contributed by atoms with van der Waals surface area (Å²) in [6, 6.07) is 0. The van der Waals surface area contributed by atoms with Crippen molar-refractivity contribution in [3.05, 3.63) is 0 Å². The van der Waals surface area contributed by atoms with Crippen molar-refractivity contribution in [3.63, 3.8) is 0 Å². The third-order valence-corrected chi connectivity index (χ3v) is 2.34. The Labute approximate surface area is 87.3 Å². The topological polar surface area (TPSA) is 40.5 Å². The molecule has 0 aromatic heterocycles. The molecular formula is C12H22O2. The second-order valence-corrected chi connectivity index (χ2v) is 4.81. The summed E-state index contributed by atoms with van der Waals surface area (Å²) >= 11 is 0. The van der Waals surface area contributed by atoms with Crippen LogP contribution >= 0.6 is 0 Å². The zero-order valence-electron chi connectivity index (χ0n) is 9.89. The van der Waals surface area contributed by atoms with E-state index in [0.717, 1.165) is 6.42 Å². The second-order valence-electron chi connectivity index (χ2n) is 4.81. The van der Waals surface area contributed by atoms with Gasteiger partial charge in [-0.05, 0) is 13.3 Å². The summed E-state index contributed by atoms with van der Waals surface area (Å²) in [7, 11) is 0. The van der Waals surface area contributed by atoms with Crippen molar-refractivity contribution in [1.29, 1.82) is 0 Å². The minimum atomic E-state index is -1.00. The molecule has 0 heterocycles. The first kappa shape index (κ1) is 13.5. The summed E-state index contributed by atoms with van der Waals surface area (Å²) in [6.45, 7) is 9.49. The van der Waals surface area contributed by atoms with Gasteiger partial charge in [0.15, 0.2) is 0 Å². The van der Waals surface area contributed by atoms with Crippen molar-refractivity contribution < 1.29 is 10.2 Å². The van der Waals surface area contributed by atoms with Gasteiger partial charge in [0.05, 0.1) is 0 Å². The maximum absolute atomic E-state index is 10.3. The van der Waals surface area contributed by atoms with Crippen LogP contribution in [-0.2, 0) is 0 Å². The van der Waals surface area contributed by atoms with Crippen molar-refractivity contribution in [2.45, 2.75) is 59.2 Å². The highest BCUT2D eigenvalue weighted by Gasteiger charge is 2.37. The van der Waals surface area contributed by atoms with Gasteiger partial charge >= 0.3 is 0 Å². The Morgan fingerprint density at radius 2 is 1.79 bits per heavy atom. The Morgan fingerprint density at radius 3 is 2.07 bits per heavy atom. The second kappa shape index (κ2) is 4.82. The summed E-state index contributed by atoms with van der Waals surface area (Å²) in [4.78, 5) is 0. The fourth-order valence-corrected chi connectivity index (χ4v) is 1.21. The van der Waals surface area contributed by atoms with Crippen molar-refractivity contribution in [2.75, 3.05) is 0 Å². The molecule has 0 aliphatic carbocycles. The Kier molecular flexibility index (Phi) is 4.64. The zero-order valence-corrected chi connectivity index (χ0v) is 9.89. The lowest BCUT2D eigenvalue weighted by atomic mass is 9.74. The van der Waals surface area contributed by atoms with E-state index in [9.17, 15) is 5.11 Å². The van der Waals surface area contributed by atoms with Crippen LogP contribution in [0.4, 0.5) is 0 Å². The van der Waals surface area contributed by atoms with E-state index in [1.807, 2.05) is 27.7 Å². The predicted molar refractivity (Wildman–Crippen MR) is 58.8 cm³/mol. The number of aliphatic hydroxyl groups is 2. The Balaban J connectivity index is 4.85. The summed E-state index contributed by atoms with van der Waals surface area (Å²) in [5, 5.41) is 19.4. The molecule has 2 nitrogen and oxygen atoms in total. The summed E-state index contributed by atoms with van der Waals surface area (Å²) in [5.74, 6) is 5.42. The summed E-state index contributed by atoms with van der Waals surface area (Å²) in [6.07, 6.45) is 0.833. The highest BCUT2D eigenvalue weighted by molar-refractivity contribution is 5.19. The Bertz CT molecular complexity index is 227. The standard InChI is InChI=1S/C12H22O2/c1-6-8-12(14,11(3,4)5)9-7-10(2)13/h10,13-14H,6,8H2,1-5H3/t10-,12-/m0/s1. The highest BCUT2D eigenvalue weighted by Crippen LogP contribution is 2.33. The molecule has 0 radical (unpaired) electrons. The molecular weight excluding hydrogens is 176 g/mol. The molecule has 14 heavy (non-hydrogen) atoms. The molecule has 0 aromatic carbocycles. The molecule has 2 atom stereocenters. The van der Waals surface area contributed by atoms with E-state index in [2.05, 4.69) is 11.8 Å². The van der Waals surface area contributed by atoms with Crippen molar-refractivity contribution in [1.82, 2.24) is 0 Å². The van der Waals surface area contributed by atoms with E-state index < -0.39 is 11.7 Å². The van der Waals surface area contributed by atoms with E-state index in [4.69, 9.17) is 5.11 Å². The van der Waals surface area contributed by atoms with Crippen LogP contribution < -0.4 is 0 Å². The van der Waals surface area contributed by atoms with Crippen LogP contribution in [0, 0.1) is 17.3 Å². The predicted octanol–water partition coefficient (Wildman–Crippen LogP) is 1.95. The van der Waals surface area contributed by atoms with E-state index in [1.165, 1.54) is 0 Å². The van der Waals surface area contributed by atoms with Gasteiger partial charge < -0.3 is 10.2 Å². The van der Waals surface area contributed by atoms with Crippen molar-refractivity contribution in [2.24, 2.45) is 5.41 Å². The molecule has 0 saturated heterocycles. The van der Waals surface area contributed by atoms with E-state index in [0.29, 0.717) is 6.42 Å². The Hall–Kier alpha value is -0.520. The normalized spacial score (nSPS) is 17.9. The largest absolute Gasteiger partial charge is 0.381 e. The maximum Gasteiger partial charge on any atom is 0.130 e. The van der Waals surface area contributed by atoms with Gasteiger partial charge in [0.25, 0.3) is 0 Å². The average molecular weight is 198 g/mol. The molecule has 2 N–H and O–H groups in total. The van der Waals surface area contributed by atoms with Crippen LogP contribution in [0.1, 0.15) is 47.5 Å². The summed E-state index contributed by atoms with van der Waals surface area (Å²) < 4.78 is 0. The van der Waals surface area contributed by atoms with Crippen LogP contribution in [0.25, 0.3) is 0 Å². The number of hydrogen-bond donors (Lipinski definition) is 2. The van der Waals surface area contributed by atoms with Gasteiger partial charge in [-0.3, -0.25) is 0 Å². The molecule has 0 unspecified atom stereocenters. The molecule has 0 fully saturated rings. The fraction of sp³-hybridized carbons (Fsp3) is 0.833. The molecule has 82 valence electrons. The fourth-order valence-electron chi connectivity index (χ4n) is 1.21. The first-order chi connectivity index (χ1) is 6.23. The van der Waals surface area contributed by atoms with Gasteiger partial charge in [0, 0.05) is 5.41 Å². The quantitative estimate of drug-likeness (QED) is 0.666. The minimum absolute atomic E-state index is 0.287. The monoisotopic (exact) mass is 198 g/mol. The molecule has 0 rings (SSSR count). The van der Waals surface area contributed by atoms with Crippen LogP contribution in [0.5, 0.6) is 0 Å². The van der Waals surface area contributed by atoms with Crippen LogP contribution in [0.15, 0.2) is 0 Å². The average Bonchev–Trinajstić information content (AvgIpc) is 1.99. The Morgan fingerprint density at radius 1 is 1.29 bits per heavy atom. The first-order valence-electron chi connectivity index (χ1n) is 5.16. The number of hydrogen-bond acceptors (Lipinski definition) is 2. The van der Waals surface area contributed by atoms with Crippen molar-refractivity contribution in [3.8, 4) is 11.8 Å². The van der Waals surface area contributed by atoms with Crippen molar-refractivity contribution >= 4 is 0 Å². The molecule has 0 saturated carbocycles.